The first-order valence-corrected chi connectivity index (χ1v) is 5.41. The zero-order chi connectivity index (χ0) is 11.5. The molecular weight excluding hydrogens is 184 g/mol. The van der Waals surface area contributed by atoms with Crippen LogP contribution in [0.5, 0.6) is 0 Å². The Balaban J connectivity index is 2.65. The fourth-order valence-corrected chi connectivity index (χ4v) is 1.29. The van der Waals surface area contributed by atoms with Gasteiger partial charge in [-0.3, -0.25) is 4.90 Å². The lowest BCUT2D eigenvalue weighted by Gasteiger charge is -2.31. The number of anilines is 1. The van der Waals surface area contributed by atoms with Crippen molar-refractivity contribution in [2.75, 3.05) is 19.4 Å². The first-order chi connectivity index (χ1) is 6.93. The molecular formula is C13H22N2. The summed E-state index contributed by atoms with van der Waals surface area (Å²) in [5.41, 5.74) is 2.74. The van der Waals surface area contributed by atoms with Gasteiger partial charge < -0.3 is 5.32 Å². The van der Waals surface area contributed by atoms with Crippen LogP contribution in [-0.4, -0.2) is 24.5 Å². The maximum atomic E-state index is 3.12. The number of rotatable bonds is 3. The molecule has 0 aliphatic rings. The zero-order valence-electron chi connectivity index (χ0n) is 10.5. The molecule has 1 rings (SSSR count). The summed E-state index contributed by atoms with van der Waals surface area (Å²) in [6.45, 7) is 7.69. The smallest absolute Gasteiger partial charge is 0.0337 e. The molecule has 1 N–H and O–H groups in total. The third kappa shape index (κ3) is 3.56. The van der Waals surface area contributed by atoms with Crippen molar-refractivity contribution < 1.29 is 0 Å². The van der Waals surface area contributed by atoms with Crippen molar-refractivity contribution in [1.82, 2.24) is 4.90 Å². The van der Waals surface area contributed by atoms with Crippen molar-refractivity contribution in [3.05, 3.63) is 29.8 Å². The van der Waals surface area contributed by atoms with Crippen molar-refractivity contribution in [2.24, 2.45) is 0 Å². The van der Waals surface area contributed by atoms with E-state index in [1.807, 2.05) is 7.05 Å². The van der Waals surface area contributed by atoms with Gasteiger partial charge in [0.25, 0.3) is 0 Å². The second-order valence-electron chi connectivity index (χ2n) is 4.97. The Morgan fingerprint density at radius 1 is 1.13 bits per heavy atom. The van der Waals surface area contributed by atoms with Gasteiger partial charge in [0.15, 0.2) is 0 Å². The van der Waals surface area contributed by atoms with Crippen LogP contribution in [0.1, 0.15) is 26.3 Å². The Morgan fingerprint density at radius 3 is 2.07 bits per heavy atom. The van der Waals surface area contributed by atoms with E-state index in [9.17, 15) is 0 Å². The number of benzene rings is 1. The van der Waals surface area contributed by atoms with Crippen LogP contribution in [-0.2, 0) is 6.54 Å². The molecule has 0 atom stereocenters. The number of nitrogens with zero attached hydrogens (tertiary/aromatic N) is 1. The molecule has 1 aromatic rings. The van der Waals surface area contributed by atoms with Crippen LogP contribution in [0.15, 0.2) is 24.3 Å². The number of nitrogens with one attached hydrogen (secondary N) is 1. The van der Waals surface area contributed by atoms with Gasteiger partial charge >= 0.3 is 0 Å². The van der Waals surface area contributed by atoms with E-state index < -0.39 is 0 Å². The van der Waals surface area contributed by atoms with Gasteiger partial charge in [0.2, 0.25) is 0 Å². The normalized spacial score (nSPS) is 11.9. The lowest BCUT2D eigenvalue weighted by molar-refractivity contribution is 0.167. The Morgan fingerprint density at radius 2 is 1.67 bits per heavy atom. The standard InChI is InChI=1S/C13H22N2/c1-13(2,3)15(5)10-11-6-8-12(14-4)9-7-11/h6-9,14H,10H2,1-5H3. The highest BCUT2D eigenvalue weighted by Crippen LogP contribution is 2.16. The minimum atomic E-state index is 0.224. The van der Waals surface area contributed by atoms with Gasteiger partial charge in [-0.2, -0.15) is 0 Å². The summed E-state index contributed by atoms with van der Waals surface area (Å²) in [6.07, 6.45) is 0. The van der Waals surface area contributed by atoms with Crippen molar-refractivity contribution >= 4 is 5.69 Å². The Hall–Kier alpha value is -1.02. The second-order valence-corrected chi connectivity index (χ2v) is 4.97. The van der Waals surface area contributed by atoms with E-state index in [-0.39, 0.29) is 5.54 Å². The lowest BCUT2D eigenvalue weighted by atomic mass is 10.1. The minimum absolute atomic E-state index is 0.224. The maximum Gasteiger partial charge on any atom is 0.0337 e. The molecule has 0 aliphatic heterocycles. The van der Waals surface area contributed by atoms with Crippen LogP contribution in [0.25, 0.3) is 0 Å². The topological polar surface area (TPSA) is 15.3 Å². The summed E-state index contributed by atoms with van der Waals surface area (Å²) in [5.74, 6) is 0. The average Bonchev–Trinajstić information content (AvgIpc) is 2.17. The SMILES string of the molecule is CNc1ccc(CN(C)C(C)(C)C)cc1. The summed E-state index contributed by atoms with van der Waals surface area (Å²) in [7, 11) is 4.10. The fraction of sp³-hybridized carbons (Fsp3) is 0.538. The third-order valence-corrected chi connectivity index (χ3v) is 2.81. The highest BCUT2D eigenvalue weighted by molar-refractivity contribution is 5.43. The molecule has 0 aromatic heterocycles. The van der Waals surface area contributed by atoms with Gasteiger partial charge in [-0.25, -0.2) is 0 Å². The highest BCUT2D eigenvalue weighted by Gasteiger charge is 2.16. The molecule has 0 amide bonds. The molecule has 2 nitrogen and oxygen atoms in total. The minimum Gasteiger partial charge on any atom is -0.388 e. The molecule has 0 spiro atoms. The number of hydrogen-bond donors (Lipinski definition) is 1. The van der Waals surface area contributed by atoms with Gasteiger partial charge in [-0.05, 0) is 45.5 Å². The predicted molar refractivity (Wildman–Crippen MR) is 67.2 cm³/mol. The van der Waals surface area contributed by atoms with Gasteiger partial charge in [0, 0.05) is 24.8 Å². The summed E-state index contributed by atoms with van der Waals surface area (Å²) >= 11 is 0. The molecule has 0 bridgehead atoms. The van der Waals surface area contributed by atoms with Crippen LogP contribution in [0.3, 0.4) is 0 Å². The monoisotopic (exact) mass is 206 g/mol. The summed E-state index contributed by atoms with van der Waals surface area (Å²) in [4.78, 5) is 2.35. The zero-order valence-corrected chi connectivity index (χ0v) is 10.5. The quantitative estimate of drug-likeness (QED) is 0.818. The molecule has 0 radical (unpaired) electrons. The van der Waals surface area contributed by atoms with Crippen LogP contribution in [0.4, 0.5) is 5.69 Å². The Kier molecular flexibility index (Phi) is 3.75. The average molecular weight is 206 g/mol. The van der Waals surface area contributed by atoms with Crippen LogP contribution in [0.2, 0.25) is 0 Å². The maximum absolute atomic E-state index is 3.12. The second kappa shape index (κ2) is 4.67. The van der Waals surface area contributed by atoms with Crippen molar-refractivity contribution in [3.63, 3.8) is 0 Å². The van der Waals surface area contributed by atoms with Gasteiger partial charge in [0.05, 0.1) is 0 Å². The molecule has 0 fully saturated rings. The van der Waals surface area contributed by atoms with Gasteiger partial charge in [0.1, 0.15) is 0 Å². The predicted octanol–water partition coefficient (Wildman–Crippen LogP) is 2.96. The van der Waals surface area contributed by atoms with Crippen molar-refractivity contribution in [3.8, 4) is 0 Å². The van der Waals surface area contributed by atoms with E-state index in [1.54, 1.807) is 0 Å². The molecule has 1 aromatic carbocycles. The first-order valence-electron chi connectivity index (χ1n) is 5.41. The van der Waals surface area contributed by atoms with E-state index in [0.29, 0.717) is 0 Å². The molecule has 0 unspecified atom stereocenters. The van der Waals surface area contributed by atoms with Gasteiger partial charge in [-0.15, -0.1) is 0 Å². The number of hydrogen-bond acceptors (Lipinski definition) is 2. The molecule has 2 heteroatoms. The largest absolute Gasteiger partial charge is 0.388 e. The molecule has 15 heavy (non-hydrogen) atoms. The van der Waals surface area contributed by atoms with Crippen LogP contribution >= 0.6 is 0 Å². The molecule has 0 saturated heterocycles. The van der Waals surface area contributed by atoms with Crippen LogP contribution in [0, 0.1) is 0 Å². The van der Waals surface area contributed by atoms with Crippen molar-refractivity contribution in [2.45, 2.75) is 32.9 Å². The first kappa shape index (κ1) is 12.1. The summed E-state index contributed by atoms with van der Waals surface area (Å²) in [6, 6.07) is 8.58. The third-order valence-electron chi connectivity index (χ3n) is 2.81. The molecule has 84 valence electrons. The Labute approximate surface area is 93.3 Å². The summed E-state index contributed by atoms with van der Waals surface area (Å²) in [5, 5.41) is 3.12. The molecule has 0 saturated carbocycles. The van der Waals surface area contributed by atoms with Crippen LogP contribution < -0.4 is 5.32 Å². The fourth-order valence-electron chi connectivity index (χ4n) is 1.29. The van der Waals surface area contributed by atoms with E-state index in [2.05, 4.69) is 62.3 Å². The van der Waals surface area contributed by atoms with E-state index >= 15 is 0 Å². The highest BCUT2D eigenvalue weighted by atomic mass is 15.1. The van der Waals surface area contributed by atoms with Gasteiger partial charge in [-0.1, -0.05) is 12.1 Å². The molecule has 0 heterocycles. The van der Waals surface area contributed by atoms with E-state index in [4.69, 9.17) is 0 Å². The van der Waals surface area contributed by atoms with E-state index in [0.717, 1.165) is 12.2 Å². The molecule has 0 aliphatic carbocycles. The van der Waals surface area contributed by atoms with Crippen molar-refractivity contribution in [1.29, 1.82) is 0 Å². The van der Waals surface area contributed by atoms with E-state index in [1.165, 1.54) is 5.56 Å². The lowest BCUT2D eigenvalue weighted by Crippen LogP contribution is -2.37. The summed E-state index contributed by atoms with van der Waals surface area (Å²) < 4.78 is 0. The Bertz CT molecular complexity index is 295.